The SMILES string of the molecule is BC1CN(C(C)(C)C)CC(B)N1C(=O)OC(B)(C(F)(F)F)C(F)(F)F. The monoisotopic (exact) mass is 372 g/mol. The molecule has 13 heteroatoms. The first-order valence-electron chi connectivity index (χ1n) is 7.81. The lowest BCUT2D eigenvalue weighted by Gasteiger charge is -2.49. The van der Waals surface area contributed by atoms with Crippen LogP contribution in [0.25, 0.3) is 0 Å². The molecule has 142 valence electrons. The van der Waals surface area contributed by atoms with Gasteiger partial charge in [0.2, 0.25) is 0 Å². The molecule has 1 aliphatic rings. The molecular weight excluding hydrogens is 351 g/mol. The van der Waals surface area contributed by atoms with Gasteiger partial charge in [0.25, 0.3) is 5.50 Å². The second-order valence-corrected chi connectivity index (χ2v) is 7.58. The first-order valence-corrected chi connectivity index (χ1v) is 7.81. The number of halogens is 6. The highest BCUT2D eigenvalue weighted by Crippen LogP contribution is 2.44. The van der Waals surface area contributed by atoms with Crippen molar-refractivity contribution in [3.05, 3.63) is 0 Å². The second kappa shape index (κ2) is 6.62. The van der Waals surface area contributed by atoms with E-state index in [2.05, 4.69) is 4.74 Å². The molecular formula is C12H21B3F6N2O2. The zero-order chi connectivity index (χ0) is 20.0. The molecule has 1 amide bonds. The molecule has 0 aromatic rings. The molecule has 0 aromatic carbocycles. The molecule has 25 heavy (non-hydrogen) atoms. The van der Waals surface area contributed by atoms with Crippen molar-refractivity contribution in [2.45, 2.75) is 56.0 Å². The number of nitrogens with zero attached hydrogens (tertiary/aromatic N) is 2. The number of amides is 1. The van der Waals surface area contributed by atoms with Crippen molar-refractivity contribution in [1.82, 2.24) is 9.80 Å². The minimum Gasteiger partial charge on any atom is -0.433 e. The van der Waals surface area contributed by atoms with Gasteiger partial charge in [-0.1, -0.05) is 0 Å². The lowest BCUT2D eigenvalue weighted by Crippen LogP contribution is -2.67. The van der Waals surface area contributed by atoms with E-state index >= 15 is 0 Å². The maximum atomic E-state index is 12.9. The molecule has 2 unspecified atom stereocenters. The quantitative estimate of drug-likeness (QED) is 0.477. The Kier molecular flexibility index (Phi) is 5.84. The Bertz CT molecular complexity index is 483. The predicted octanol–water partition coefficient (Wildman–Crippen LogP) is -0.0885. The fourth-order valence-corrected chi connectivity index (χ4v) is 2.73. The van der Waals surface area contributed by atoms with Crippen molar-refractivity contribution in [3.63, 3.8) is 0 Å². The van der Waals surface area contributed by atoms with Crippen LogP contribution in [0.15, 0.2) is 0 Å². The number of hydrogen-bond acceptors (Lipinski definition) is 3. The molecule has 1 aliphatic heterocycles. The zero-order valence-electron chi connectivity index (χ0n) is 15.0. The van der Waals surface area contributed by atoms with Crippen molar-refractivity contribution in [2.24, 2.45) is 0 Å². The summed E-state index contributed by atoms with van der Waals surface area (Å²) in [4.78, 5) is 15.1. The average Bonchev–Trinajstić information content (AvgIpc) is 2.33. The lowest BCUT2D eigenvalue weighted by molar-refractivity contribution is -0.331. The maximum absolute atomic E-state index is 12.9. The summed E-state index contributed by atoms with van der Waals surface area (Å²) in [6.45, 7) is 6.44. The Morgan fingerprint density at radius 2 is 1.32 bits per heavy atom. The molecule has 0 saturated carbocycles. The fourth-order valence-electron chi connectivity index (χ4n) is 2.73. The van der Waals surface area contributed by atoms with Crippen molar-refractivity contribution >= 4 is 29.6 Å². The smallest absolute Gasteiger partial charge is 0.428 e. The molecule has 0 bridgehead atoms. The van der Waals surface area contributed by atoms with Gasteiger partial charge >= 0.3 is 18.4 Å². The summed E-state index contributed by atoms with van der Waals surface area (Å²) in [6, 6.07) is 0. The van der Waals surface area contributed by atoms with Crippen LogP contribution < -0.4 is 0 Å². The third kappa shape index (κ3) is 4.40. The molecule has 0 radical (unpaired) electrons. The van der Waals surface area contributed by atoms with E-state index in [9.17, 15) is 31.1 Å². The Balaban J connectivity index is 3.04. The van der Waals surface area contributed by atoms with Gasteiger partial charge in [-0.2, -0.15) is 26.3 Å². The number of piperazine rings is 1. The third-order valence-corrected chi connectivity index (χ3v) is 4.45. The predicted molar refractivity (Wildman–Crippen MR) is 87.7 cm³/mol. The molecule has 2 atom stereocenters. The summed E-state index contributed by atoms with van der Waals surface area (Å²) < 4.78 is 81.5. The first-order chi connectivity index (χ1) is 10.9. The van der Waals surface area contributed by atoms with Crippen molar-refractivity contribution in [1.29, 1.82) is 0 Å². The lowest BCUT2D eigenvalue weighted by atomic mass is 9.79. The summed E-state index contributed by atoms with van der Waals surface area (Å²) in [5.74, 6) is -1.19. The largest absolute Gasteiger partial charge is 0.433 e. The van der Waals surface area contributed by atoms with Gasteiger partial charge in [0, 0.05) is 30.5 Å². The first kappa shape index (κ1) is 22.0. The Hall–Kier alpha value is -0.995. The van der Waals surface area contributed by atoms with Crippen molar-refractivity contribution < 1.29 is 35.9 Å². The van der Waals surface area contributed by atoms with Gasteiger partial charge in [0.1, 0.15) is 15.7 Å². The fraction of sp³-hybridized carbons (Fsp3) is 0.917. The Labute approximate surface area is 145 Å². The van der Waals surface area contributed by atoms with E-state index in [1.807, 2.05) is 25.7 Å². The van der Waals surface area contributed by atoms with Crippen LogP contribution in [-0.2, 0) is 4.74 Å². The highest BCUT2D eigenvalue weighted by Gasteiger charge is 2.70. The molecule has 0 spiro atoms. The topological polar surface area (TPSA) is 32.8 Å². The second-order valence-electron chi connectivity index (χ2n) is 7.58. The summed E-state index contributed by atoms with van der Waals surface area (Å²) >= 11 is 0. The number of ether oxygens (including phenoxy) is 1. The van der Waals surface area contributed by atoms with E-state index in [1.165, 1.54) is 0 Å². The minimum absolute atomic E-state index is 0.175. The van der Waals surface area contributed by atoms with Crippen LogP contribution in [0.5, 0.6) is 0 Å². The van der Waals surface area contributed by atoms with Crippen LogP contribution >= 0.6 is 0 Å². The van der Waals surface area contributed by atoms with E-state index in [4.69, 9.17) is 0 Å². The summed E-state index contributed by atoms with van der Waals surface area (Å²) in [7, 11) is 2.95. The van der Waals surface area contributed by atoms with Gasteiger partial charge < -0.3 is 9.64 Å². The van der Waals surface area contributed by atoms with Crippen LogP contribution in [0.2, 0.25) is 0 Å². The summed E-state index contributed by atoms with van der Waals surface area (Å²) in [5, 5.41) is 0. The number of alkyl halides is 6. The van der Waals surface area contributed by atoms with E-state index in [0.29, 0.717) is 13.1 Å². The number of hydrogen-bond donors (Lipinski definition) is 0. The highest BCUT2D eigenvalue weighted by atomic mass is 19.4. The van der Waals surface area contributed by atoms with E-state index in [-0.39, 0.29) is 13.4 Å². The van der Waals surface area contributed by atoms with E-state index in [0.717, 1.165) is 4.90 Å². The average molecular weight is 372 g/mol. The summed E-state index contributed by atoms with van der Waals surface area (Å²) in [5.41, 5.74) is -4.80. The number of carbonyl (C=O) groups is 1. The highest BCUT2D eigenvalue weighted by molar-refractivity contribution is 6.18. The van der Waals surface area contributed by atoms with Gasteiger partial charge in [0.05, 0.1) is 0 Å². The van der Waals surface area contributed by atoms with Gasteiger partial charge in [0.15, 0.2) is 7.85 Å². The van der Waals surface area contributed by atoms with Crippen molar-refractivity contribution in [2.75, 3.05) is 13.1 Å². The standard InChI is InChI=1S/C12H21B3F6N2O2/c1-9(2,3)22-4-6(13)23(7(14)5-22)8(24)25-10(15,11(16,17)18)12(19,20)21/h6-7H,4-5,13-15H2,1-3H3. The van der Waals surface area contributed by atoms with Crippen LogP contribution in [0.1, 0.15) is 20.8 Å². The van der Waals surface area contributed by atoms with Gasteiger partial charge in [-0.05, 0) is 20.8 Å². The molecule has 1 fully saturated rings. The normalized spacial score (nSPS) is 24.3. The molecule has 1 saturated heterocycles. The van der Waals surface area contributed by atoms with Crippen LogP contribution in [0, 0.1) is 0 Å². The van der Waals surface area contributed by atoms with Crippen LogP contribution in [-0.4, -0.2) is 87.8 Å². The molecule has 0 N–H and O–H groups in total. The molecule has 4 nitrogen and oxygen atoms in total. The van der Waals surface area contributed by atoms with E-state index < -0.39 is 35.8 Å². The van der Waals surface area contributed by atoms with Crippen molar-refractivity contribution in [3.8, 4) is 0 Å². The van der Waals surface area contributed by atoms with Gasteiger partial charge in [-0.15, -0.1) is 0 Å². The Morgan fingerprint density at radius 1 is 0.960 bits per heavy atom. The number of carbonyl (C=O) groups excluding carboxylic acids is 1. The van der Waals surface area contributed by atoms with Gasteiger partial charge in [-0.25, -0.2) is 4.79 Å². The zero-order valence-corrected chi connectivity index (χ0v) is 15.0. The van der Waals surface area contributed by atoms with E-state index in [1.54, 1.807) is 15.7 Å². The molecule has 0 aliphatic carbocycles. The third-order valence-electron chi connectivity index (χ3n) is 4.45. The maximum Gasteiger partial charge on any atom is 0.428 e. The number of rotatable bonds is 1. The van der Waals surface area contributed by atoms with Crippen LogP contribution in [0.3, 0.4) is 0 Å². The molecule has 0 aromatic heterocycles. The summed E-state index contributed by atoms with van der Waals surface area (Å²) in [6.07, 6.45) is -13.2. The minimum atomic E-state index is -5.78. The molecule has 1 rings (SSSR count). The molecule has 1 heterocycles. The van der Waals surface area contributed by atoms with Gasteiger partial charge in [-0.3, -0.25) is 4.90 Å². The van der Waals surface area contributed by atoms with Crippen LogP contribution in [0.4, 0.5) is 31.1 Å². The Morgan fingerprint density at radius 3 is 1.60 bits per heavy atom.